The minimum absolute atomic E-state index is 0.0412. The van der Waals surface area contributed by atoms with E-state index in [2.05, 4.69) is 10.3 Å². The Morgan fingerprint density at radius 1 is 1.07 bits per heavy atom. The Hall–Kier alpha value is -2.57. The van der Waals surface area contributed by atoms with Gasteiger partial charge in [0, 0.05) is 29.6 Å². The maximum Gasteiger partial charge on any atom is 0.266 e. The van der Waals surface area contributed by atoms with Gasteiger partial charge < -0.3 is 10.3 Å². The van der Waals surface area contributed by atoms with Crippen LogP contribution in [0.5, 0.6) is 0 Å². The van der Waals surface area contributed by atoms with Crippen molar-refractivity contribution >= 4 is 5.91 Å². The number of nitrogens with one attached hydrogen (secondary N) is 2. The van der Waals surface area contributed by atoms with Gasteiger partial charge in [0.1, 0.15) is 5.82 Å². The van der Waals surface area contributed by atoms with E-state index in [0.717, 1.165) is 30.5 Å². The maximum absolute atomic E-state index is 14.2. The molecule has 1 aliphatic heterocycles. The number of carbonyl (C=O) groups is 1. The van der Waals surface area contributed by atoms with Crippen LogP contribution >= 0.6 is 0 Å². The van der Waals surface area contributed by atoms with E-state index < -0.39 is 23.7 Å². The quantitative estimate of drug-likeness (QED) is 0.779. The molecule has 0 bridgehead atoms. The standard InChI is InChI=1S/C21H21F3N2O2/c22-17-9-12(3-5-15(17)20(23)24)16(10-13-4-8-19(27)25-13)18-7-6-14(11-1-2-11)21(28)26-18/h3,5-7,9,11,13,16,20H,1-2,4,8,10H2,(H,25,27)(H,26,28)/t13-,16?/m1/s1. The van der Waals surface area contributed by atoms with Gasteiger partial charge in [0.15, 0.2) is 0 Å². The first-order valence-corrected chi connectivity index (χ1v) is 9.52. The zero-order chi connectivity index (χ0) is 19.8. The Kier molecular flexibility index (Phi) is 5.00. The summed E-state index contributed by atoms with van der Waals surface area (Å²) < 4.78 is 40.0. The van der Waals surface area contributed by atoms with Gasteiger partial charge in [0.2, 0.25) is 5.91 Å². The maximum atomic E-state index is 14.2. The van der Waals surface area contributed by atoms with Gasteiger partial charge in [0.25, 0.3) is 12.0 Å². The Balaban J connectivity index is 1.69. The number of hydrogen-bond donors (Lipinski definition) is 2. The average molecular weight is 390 g/mol. The van der Waals surface area contributed by atoms with Crippen LogP contribution in [0.15, 0.2) is 35.1 Å². The van der Waals surface area contributed by atoms with Crippen molar-refractivity contribution in [1.82, 2.24) is 10.3 Å². The fourth-order valence-electron chi connectivity index (χ4n) is 3.94. The summed E-state index contributed by atoms with van der Waals surface area (Å²) in [4.78, 5) is 26.9. The summed E-state index contributed by atoms with van der Waals surface area (Å²) in [5, 5.41) is 2.88. The highest BCUT2D eigenvalue weighted by molar-refractivity contribution is 5.78. The highest BCUT2D eigenvalue weighted by Gasteiger charge is 2.29. The molecule has 1 aromatic heterocycles. The topological polar surface area (TPSA) is 62.0 Å². The Morgan fingerprint density at radius 3 is 2.43 bits per heavy atom. The number of hydrogen-bond acceptors (Lipinski definition) is 2. The molecule has 0 spiro atoms. The average Bonchev–Trinajstić information content (AvgIpc) is 3.40. The molecule has 7 heteroatoms. The predicted octanol–water partition coefficient (Wildman–Crippen LogP) is 4.13. The number of amides is 1. The second kappa shape index (κ2) is 7.45. The van der Waals surface area contributed by atoms with Crippen LogP contribution < -0.4 is 10.9 Å². The molecule has 1 amide bonds. The first-order chi connectivity index (χ1) is 13.4. The molecule has 0 radical (unpaired) electrons. The third kappa shape index (κ3) is 3.84. The second-order valence-electron chi connectivity index (χ2n) is 7.65. The summed E-state index contributed by atoms with van der Waals surface area (Å²) in [5.74, 6) is -1.12. The van der Waals surface area contributed by atoms with E-state index in [4.69, 9.17) is 0 Å². The molecule has 2 aliphatic rings. The highest BCUT2D eigenvalue weighted by atomic mass is 19.3. The van der Waals surface area contributed by atoms with Crippen molar-refractivity contribution in [3.63, 3.8) is 0 Å². The van der Waals surface area contributed by atoms with Crippen LogP contribution in [0.25, 0.3) is 0 Å². The summed E-state index contributed by atoms with van der Waals surface area (Å²) in [7, 11) is 0. The van der Waals surface area contributed by atoms with Crippen LogP contribution in [0.4, 0.5) is 13.2 Å². The zero-order valence-corrected chi connectivity index (χ0v) is 15.2. The van der Waals surface area contributed by atoms with Crippen LogP contribution in [-0.4, -0.2) is 16.9 Å². The summed E-state index contributed by atoms with van der Waals surface area (Å²) in [6, 6.07) is 7.18. The molecule has 1 saturated heterocycles. The highest BCUT2D eigenvalue weighted by Crippen LogP contribution is 2.39. The molecule has 2 heterocycles. The van der Waals surface area contributed by atoms with Gasteiger partial charge in [-0.05, 0) is 49.3 Å². The van der Waals surface area contributed by atoms with Crippen molar-refractivity contribution in [3.05, 3.63) is 68.9 Å². The lowest BCUT2D eigenvalue weighted by atomic mass is 9.87. The molecule has 1 aromatic carbocycles. The number of benzene rings is 1. The first-order valence-electron chi connectivity index (χ1n) is 9.52. The number of halogens is 3. The van der Waals surface area contributed by atoms with Crippen molar-refractivity contribution in [2.45, 2.75) is 56.4 Å². The molecule has 28 heavy (non-hydrogen) atoms. The monoisotopic (exact) mass is 390 g/mol. The predicted molar refractivity (Wildman–Crippen MR) is 98.0 cm³/mol. The van der Waals surface area contributed by atoms with Crippen molar-refractivity contribution in [2.24, 2.45) is 0 Å². The van der Waals surface area contributed by atoms with Crippen molar-refractivity contribution in [2.75, 3.05) is 0 Å². The van der Waals surface area contributed by atoms with Gasteiger partial charge in [0.05, 0.1) is 5.56 Å². The van der Waals surface area contributed by atoms with E-state index in [1.807, 2.05) is 6.07 Å². The normalized spacial score (nSPS) is 20.4. The number of carbonyl (C=O) groups excluding carboxylic acids is 1. The van der Waals surface area contributed by atoms with E-state index in [9.17, 15) is 22.8 Å². The Labute approximate surface area is 160 Å². The van der Waals surface area contributed by atoms with Gasteiger partial charge in [-0.3, -0.25) is 9.59 Å². The molecule has 1 saturated carbocycles. The van der Waals surface area contributed by atoms with Crippen LogP contribution in [-0.2, 0) is 4.79 Å². The number of pyridine rings is 1. The molecule has 2 fully saturated rings. The molecular weight excluding hydrogens is 369 g/mol. The molecule has 4 nitrogen and oxygen atoms in total. The summed E-state index contributed by atoms with van der Waals surface area (Å²) in [5.41, 5.74) is 1.04. The Morgan fingerprint density at radius 2 is 1.86 bits per heavy atom. The molecular formula is C21H21F3N2O2. The van der Waals surface area contributed by atoms with E-state index in [0.29, 0.717) is 36.4 Å². The molecule has 4 rings (SSSR count). The number of aromatic amines is 1. The summed E-state index contributed by atoms with van der Waals surface area (Å²) in [6.45, 7) is 0. The number of aromatic nitrogens is 1. The molecule has 148 valence electrons. The minimum Gasteiger partial charge on any atom is -0.353 e. The first kappa shape index (κ1) is 18.8. The number of alkyl halides is 2. The van der Waals surface area contributed by atoms with E-state index in [-0.39, 0.29) is 17.5 Å². The molecule has 1 aliphatic carbocycles. The van der Waals surface area contributed by atoms with E-state index in [1.165, 1.54) is 6.07 Å². The van der Waals surface area contributed by atoms with Gasteiger partial charge in [-0.2, -0.15) is 0 Å². The smallest absolute Gasteiger partial charge is 0.266 e. The van der Waals surface area contributed by atoms with Gasteiger partial charge >= 0.3 is 0 Å². The lowest BCUT2D eigenvalue weighted by Crippen LogP contribution is -2.28. The SMILES string of the molecule is O=C1CC[C@H](CC(c2ccc(C(F)F)c(F)c2)c2ccc(C3CC3)c(=O)[nH]2)N1. The van der Waals surface area contributed by atoms with Crippen molar-refractivity contribution in [3.8, 4) is 0 Å². The van der Waals surface area contributed by atoms with Crippen LogP contribution in [0, 0.1) is 5.82 Å². The van der Waals surface area contributed by atoms with Crippen LogP contribution in [0.2, 0.25) is 0 Å². The third-order valence-corrected chi connectivity index (χ3v) is 5.62. The van der Waals surface area contributed by atoms with Gasteiger partial charge in [-0.15, -0.1) is 0 Å². The number of H-pyrrole nitrogens is 1. The lowest BCUT2D eigenvalue weighted by molar-refractivity contribution is -0.119. The summed E-state index contributed by atoms with van der Waals surface area (Å²) in [6.07, 6.45) is 0.641. The Bertz CT molecular complexity index is 953. The van der Waals surface area contributed by atoms with Crippen LogP contribution in [0.1, 0.15) is 72.7 Å². The molecule has 2 atom stereocenters. The third-order valence-electron chi connectivity index (χ3n) is 5.62. The van der Waals surface area contributed by atoms with Crippen LogP contribution in [0.3, 0.4) is 0 Å². The van der Waals surface area contributed by atoms with Crippen molar-refractivity contribution < 1.29 is 18.0 Å². The van der Waals surface area contributed by atoms with Crippen molar-refractivity contribution in [1.29, 1.82) is 0 Å². The van der Waals surface area contributed by atoms with Gasteiger partial charge in [-0.25, -0.2) is 13.2 Å². The fourth-order valence-corrected chi connectivity index (χ4v) is 3.94. The number of rotatable bonds is 6. The largest absolute Gasteiger partial charge is 0.353 e. The molecule has 2 N–H and O–H groups in total. The second-order valence-corrected chi connectivity index (χ2v) is 7.65. The summed E-state index contributed by atoms with van der Waals surface area (Å²) >= 11 is 0. The lowest BCUT2D eigenvalue weighted by Gasteiger charge is -2.22. The van der Waals surface area contributed by atoms with E-state index >= 15 is 0 Å². The molecule has 2 aromatic rings. The van der Waals surface area contributed by atoms with E-state index in [1.54, 1.807) is 6.07 Å². The minimum atomic E-state index is -2.89. The molecule has 1 unspecified atom stereocenters. The fraction of sp³-hybridized carbons (Fsp3) is 0.429. The zero-order valence-electron chi connectivity index (χ0n) is 15.2. The van der Waals surface area contributed by atoms with Gasteiger partial charge in [-0.1, -0.05) is 18.2 Å².